The summed E-state index contributed by atoms with van der Waals surface area (Å²) < 4.78 is 0. The molecule has 0 bridgehead atoms. The van der Waals surface area contributed by atoms with Gasteiger partial charge in [-0.15, -0.1) is 0 Å². The Balaban J connectivity index is 1.85. The Kier molecular flexibility index (Phi) is 3.17. The van der Waals surface area contributed by atoms with E-state index in [1.54, 1.807) is 0 Å². The molecule has 2 aliphatic rings. The van der Waals surface area contributed by atoms with E-state index in [2.05, 4.69) is 21.9 Å². The van der Waals surface area contributed by atoms with Gasteiger partial charge in [-0.05, 0) is 25.0 Å². The normalized spacial score (nSPS) is 24.0. The second-order valence-electron chi connectivity index (χ2n) is 4.81. The summed E-state index contributed by atoms with van der Waals surface area (Å²) in [6.45, 7) is 0. The molecule has 1 atom stereocenters. The van der Waals surface area contributed by atoms with Crippen molar-refractivity contribution in [2.75, 3.05) is 23.5 Å². The highest BCUT2D eigenvalue weighted by atomic mass is 35.5. The van der Waals surface area contributed by atoms with E-state index in [4.69, 9.17) is 11.6 Å². The van der Waals surface area contributed by atoms with Gasteiger partial charge >= 0.3 is 0 Å². The lowest BCUT2D eigenvalue weighted by molar-refractivity contribution is 0.687. The largest absolute Gasteiger partial charge is 0.356 e. The standard InChI is InChI=1S/C12H16ClN3S/c1-16(9-4-5-17-7-9)11-6-10(13)14-12(15-11)8-2-3-8/h6,8-9H,2-5,7H2,1H3/t9-/m0/s1. The minimum Gasteiger partial charge on any atom is -0.356 e. The van der Waals surface area contributed by atoms with Crippen LogP contribution in [0.3, 0.4) is 0 Å². The molecule has 92 valence electrons. The molecule has 3 nitrogen and oxygen atoms in total. The topological polar surface area (TPSA) is 29.0 Å². The lowest BCUT2D eigenvalue weighted by atomic mass is 10.2. The number of aromatic nitrogens is 2. The molecule has 0 unspecified atom stereocenters. The second kappa shape index (κ2) is 4.65. The molecule has 1 aliphatic carbocycles. The Labute approximate surface area is 111 Å². The molecule has 2 fully saturated rings. The van der Waals surface area contributed by atoms with Crippen molar-refractivity contribution < 1.29 is 0 Å². The van der Waals surface area contributed by atoms with Gasteiger partial charge in [0.1, 0.15) is 16.8 Å². The minimum atomic E-state index is 0.554. The summed E-state index contributed by atoms with van der Waals surface area (Å²) in [5.41, 5.74) is 0. The first-order chi connectivity index (χ1) is 8.24. The highest BCUT2D eigenvalue weighted by Crippen LogP contribution is 2.39. The summed E-state index contributed by atoms with van der Waals surface area (Å²) in [4.78, 5) is 11.3. The molecule has 1 aromatic heterocycles. The third-order valence-corrected chi connectivity index (χ3v) is 4.79. The predicted octanol–water partition coefficient (Wildman–Crippen LogP) is 2.95. The molecule has 1 aromatic rings. The van der Waals surface area contributed by atoms with Crippen LogP contribution >= 0.6 is 23.4 Å². The predicted molar refractivity (Wildman–Crippen MR) is 73.2 cm³/mol. The fourth-order valence-corrected chi connectivity index (χ4v) is 3.59. The monoisotopic (exact) mass is 269 g/mol. The van der Waals surface area contributed by atoms with Crippen LogP contribution in [0.4, 0.5) is 5.82 Å². The number of anilines is 1. The molecular weight excluding hydrogens is 254 g/mol. The molecule has 0 spiro atoms. The van der Waals surface area contributed by atoms with Gasteiger partial charge in [0.25, 0.3) is 0 Å². The van der Waals surface area contributed by atoms with E-state index in [-0.39, 0.29) is 0 Å². The molecule has 1 saturated carbocycles. The summed E-state index contributed by atoms with van der Waals surface area (Å²) in [7, 11) is 2.12. The Morgan fingerprint density at radius 2 is 2.18 bits per heavy atom. The van der Waals surface area contributed by atoms with E-state index in [1.807, 2.05) is 17.8 Å². The first-order valence-electron chi connectivity index (χ1n) is 6.09. The summed E-state index contributed by atoms with van der Waals surface area (Å²) in [5.74, 6) is 4.92. The highest BCUT2D eigenvalue weighted by molar-refractivity contribution is 7.99. The SMILES string of the molecule is CN(c1cc(Cl)nc(C2CC2)n1)[C@H]1CCSC1. The molecule has 2 heterocycles. The summed E-state index contributed by atoms with van der Waals surface area (Å²) in [5, 5.41) is 0.578. The van der Waals surface area contributed by atoms with E-state index >= 15 is 0 Å². The zero-order chi connectivity index (χ0) is 11.8. The van der Waals surface area contributed by atoms with Crippen LogP contribution in [0, 0.1) is 0 Å². The van der Waals surface area contributed by atoms with Gasteiger partial charge in [0.15, 0.2) is 0 Å². The van der Waals surface area contributed by atoms with Gasteiger partial charge in [-0.25, -0.2) is 9.97 Å². The van der Waals surface area contributed by atoms with Crippen LogP contribution in [0.2, 0.25) is 5.15 Å². The number of hydrogen-bond acceptors (Lipinski definition) is 4. The van der Waals surface area contributed by atoms with E-state index in [0.717, 1.165) is 11.6 Å². The molecule has 1 aliphatic heterocycles. The van der Waals surface area contributed by atoms with Gasteiger partial charge in [0.2, 0.25) is 0 Å². The summed E-state index contributed by atoms with van der Waals surface area (Å²) in [6, 6.07) is 2.48. The van der Waals surface area contributed by atoms with Crippen LogP contribution in [-0.2, 0) is 0 Å². The van der Waals surface area contributed by atoms with Crippen LogP contribution in [-0.4, -0.2) is 34.6 Å². The average Bonchev–Trinajstić information content (AvgIpc) is 3.03. The molecule has 0 aromatic carbocycles. The van der Waals surface area contributed by atoms with Crippen LogP contribution in [0.15, 0.2) is 6.07 Å². The van der Waals surface area contributed by atoms with Crippen molar-refractivity contribution in [3.8, 4) is 0 Å². The quantitative estimate of drug-likeness (QED) is 0.789. The van der Waals surface area contributed by atoms with Crippen molar-refractivity contribution in [2.24, 2.45) is 0 Å². The fourth-order valence-electron chi connectivity index (χ4n) is 2.14. The number of nitrogens with zero attached hydrogens (tertiary/aromatic N) is 3. The number of halogens is 1. The van der Waals surface area contributed by atoms with Crippen LogP contribution in [0.1, 0.15) is 31.0 Å². The van der Waals surface area contributed by atoms with Crippen molar-refractivity contribution in [1.82, 2.24) is 9.97 Å². The Morgan fingerprint density at radius 3 is 2.82 bits per heavy atom. The molecule has 0 amide bonds. The average molecular weight is 270 g/mol. The van der Waals surface area contributed by atoms with Crippen molar-refractivity contribution in [2.45, 2.75) is 31.2 Å². The third kappa shape index (κ3) is 2.52. The number of rotatable bonds is 3. The van der Waals surface area contributed by atoms with Gasteiger partial charge in [-0.1, -0.05) is 11.6 Å². The molecule has 0 N–H and O–H groups in total. The van der Waals surface area contributed by atoms with Crippen LogP contribution in [0.5, 0.6) is 0 Å². The maximum atomic E-state index is 6.09. The summed E-state index contributed by atoms with van der Waals surface area (Å²) >= 11 is 8.10. The maximum absolute atomic E-state index is 6.09. The molecule has 1 saturated heterocycles. The molecule has 3 rings (SSSR count). The number of thioether (sulfide) groups is 1. The van der Waals surface area contributed by atoms with E-state index in [0.29, 0.717) is 17.1 Å². The molecular formula is C12H16ClN3S. The highest BCUT2D eigenvalue weighted by Gasteiger charge is 2.28. The minimum absolute atomic E-state index is 0.554. The first kappa shape index (κ1) is 11.6. The first-order valence-corrected chi connectivity index (χ1v) is 7.62. The van der Waals surface area contributed by atoms with Crippen molar-refractivity contribution in [3.05, 3.63) is 17.0 Å². The van der Waals surface area contributed by atoms with Crippen molar-refractivity contribution in [3.63, 3.8) is 0 Å². The van der Waals surface area contributed by atoms with Gasteiger partial charge < -0.3 is 4.90 Å². The van der Waals surface area contributed by atoms with E-state index < -0.39 is 0 Å². The van der Waals surface area contributed by atoms with E-state index in [1.165, 1.54) is 30.8 Å². The van der Waals surface area contributed by atoms with Gasteiger partial charge in [-0.3, -0.25) is 0 Å². The summed E-state index contributed by atoms with van der Waals surface area (Å²) in [6.07, 6.45) is 3.66. The smallest absolute Gasteiger partial charge is 0.135 e. The van der Waals surface area contributed by atoms with Gasteiger partial charge in [-0.2, -0.15) is 11.8 Å². The van der Waals surface area contributed by atoms with Crippen molar-refractivity contribution in [1.29, 1.82) is 0 Å². The third-order valence-electron chi connectivity index (χ3n) is 3.46. The number of hydrogen-bond donors (Lipinski definition) is 0. The Morgan fingerprint density at radius 1 is 1.35 bits per heavy atom. The van der Waals surface area contributed by atoms with Crippen LogP contribution < -0.4 is 4.90 Å². The van der Waals surface area contributed by atoms with Crippen LogP contribution in [0.25, 0.3) is 0 Å². The fraction of sp³-hybridized carbons (Fsp3) is 0.667. The molecule has 0 radical (unpaired) electrons. The maximum Gasteiger partial charge on any atom is 0.135 e. The zero-order valence-electron chi connectivity index (χ0n) is 9.90. The zero-order valence-corrected chi connectivity index (χ0v) is 11.5. The Hall–Kier alpha value is -0.480. The lowest BCUT2D eigenvalue weighted by Crippen LogP contribution is -2.32. The van der Waals surface area contributed by atoms with Gasteiger partial charge in [0.05, 0.1) is 0 Å². The Bertz CT molecular complexity index is 416. The van der Waals surface area contributed by atoms with Gasteiger partial charge in [0, 0.05) is 30.8 Å². The van der Waals surface area contributed by atoms with E-state index in [9.17, 15) is 0 Å². The lowest BCUT2D eigenvalue weighted by Gasteiger charge is -2.25. The molecule has 17 heavy (non-hydrogen) atoms. The van der Waals surface area contributed by atoms with Crippen molar-refractivity contribution >= 4 is 29.2 Å². The molecule has 5 heteroatoms. The second-order valence-corrected chi connectivity index (χ2v) is 6.35.